The van der Waals surface area contributed by atoms with E-state index in [0.717, 1.165) is 29.0 Å². The Hall–Kier alpha value is -5.90. The summed E-state index contributed by atoms with van der Waals surface area (Å²) >= 11 is 5.64. The zero-order valence-corrected chi connectivity index (χ0v) is 43.5. The molecule has 0 aliphatic carbocycles. The fraction of sp³-hybridized carbons (Fsp3) is 0.592. The van der Waals surface area contributed by atoms with Crippen molar-refractivity contribution in [1.82, 2.24) is 41.7 Å². The van der Waals surface area contributed by atoms with Crippen molar-refractivity contribution in [2.75, 3.05) is 32.9 Å². The van der Waals surface area contributed by atoms with Crippen LogP contribution in [0.25, 0.3) is 0 Å². The average Bonchev–Trinajstić information content (AvgIpc) is 3.93. The van der Waals surface area contributed by atoms with Gasteiger partial charge in [0.25, 0.3) is 17.7 Å². The van der Waals surface area contributed by atoms with Gasteiger partial charge in [0, 0.05) is 87.8 Å². The molecule has 0 fully saturated rings. The second-order valence-electron chi connectivity index (χ2n) is 18.3. The van der Waals surface area contributed by atoms with Crippen molar-refractivity contribution in [3.63, 3.8) is 0 Å². The first kappa shape index (κ1) is 59.4. The summed E-state index contributed by atoms with van der Waals surface area (Å²) < 4.78 is 11.4. The van der Waals surface area contributed by atoms with Gasteiger partial charge in [0.2, 0.25) is 29.5 Å². The van der Waals surface area contributed by atoms with Gasteiger partial charge in [0.15, 0.2) is 6.73 Å². The molecule has 0 spiro atoms. The molecule has 1 aromatic rings. The SMILES string of the molecule is CCCCC(=O)N(COC(=O)CC(C)C)C(CC(OC(C)=O)C1NC(C(=O)NC(Cc2ccccc2)CC(C)C(=O)NC(S)CC(=O)NCC(=O)NCCNC(=O)CCN2C(=O)C=CC2=O)=CS1)C(C)C. The second-order valence-corrected chi connectivity index (χ2v) is 19.9. The molecule has 0 saturated heterocycles. The molecule has 0 aromatic heterocycles. The highest BCUT2D eigenvalue weighted by atomic mass is 32.2. The number of benzene rings is 1. The Morgan fingerprint density at radius 3 is 2.13 bits per heavy atom. The van der Waals surface area contributed by atoms with Crippen LogP contribution in [0.2, 0.25) is 0 Å². The van der Waals surface area contributed by atoms with Gasteiger partial charge < -0.3 is 46.3 Å². The minimum atomic E-state index is -0.906. The van der Waals surface area contributed by atoms with E-state index in [4.69, 9.17) is 9.47 Å². The number of thiol groups is 1. The predicted octanol–water partition coefficient (Wildman–Crippen LogP) is 2.58. The number of hydrogen-bond donors (Lipinski definition) is 7. The van der Waals surface area contributed by atoms with Gasteiger partial charge in [-0.05, 0) is 36.7 Å². The Balaban J connectivity index is 1.55. The molecule has 22 heteroatoms. The summed E-state index contributed by atoms with van der Waals surface area (Å²) in [6.07, 6.45) is 3.78. The zero-order chi connectivity index (χ0) is 52.6. The molecule has 3 rings (SSSR count). The molecule has 71 heavy (non-hydrogen) atoms. The molecule has 2 aliphatic rings. The summed E-state index contributed by atoms with van der Waals surface area (Å²) in [5.74, 6) is -5.20. The van der Waals surface area contributed by atoms with Gasteiger partial charge in [-0.1, -0.05) is 78.3 Å². The normalized spacial score (nSPS) is 16.2. The summed E-state index contributed by atoms with van der Waals surface area (Å²) in [5.41, 5.74) is 1.13. The van der Waals surface area contributed by atoms with Crippen LogP contribution in [0.5, 0.6) is 0 Å². The van der Waals surface area contributed by atoms with Crippen LogP contribution in [-0.4, -0.2) is 131 Å². The highest BCUT2D eigenvalue weighted by Crippen LogP contribution is 2.31. The first-order valence-electron chi connectivity index (χ1n) is 24.1. The number of rotatable bonds is 31. The molecule has 392 valence electrons. The number of nitrogens with zero attached hydrogens (tertiary/aromatic N) is 2. The van der Waals surface area contributed by atoms with E-state index in [1.165, 1.54) is 18.7 Å². The van der Waals surface area contributed by atoms with E-state index in [-0.39, 0.29) is 94.9 Å². The number of unbranched alkanes of at least 4 members (excludes halogenated alkanes) is 1. The monoisotopic (exact) mass is 1030 g/mol. The van der Waals surface area contributed by atoms with Crippen molar-refractivity contribution >= 4 is 83.6 Å². The van der Waals surface area contributed by atoms with E-state index in [1.807, 2.05) is 65.0 Å². The summed E-state index contributed by atoms with van der Waals surface area (Å²) in [5, 5.41) is 16.7. The highest BCUT2D eigenvalue weighted by molar-refractivity contribution is 8.03. The maximum Gasteiger partial charge on any atom is 0.307 e. The van der Waals surface area contributed by atoms with Gasteiger partial charge in [0.1, 0.15) is 17.2 Å². The van der Waals surface area contributed by atoms with Gasteiger partial charge >= 0.3 is 11.9 Å². The number of thioether (sulfide) groups is 1. The molecule has 0 bridgehead atoms. The first-order valence-corrected chi connectivity index (χ1v) is 25.5. The molecule has 2 aliphatic heterocycles. The van der Waals surface area contributed by atoms with Gasteiger partial charge in [-0.3, -0.25) is 52.8 Å². The lowest BCUT2D eigenvalue weighted by Crippen LogP contribution is -2.50. The molecule has 0 saturated carbocycles. The third-order valence-electron chi connectivity index (χ3n) is 11.3. The molecule has 6 unspecified atom stereocenters. The third-order valence-corrected chi connectivity index (χ3v) is 12.7. The molecule has 2 heterocycles. The number of nitrogens with one attached hydrogen (secondary N) is 6. The van der Waals surface area contributed by atoms with Crippen LogP contribution < -0.4 is 31.9 Å². The molecule has 6 atom stereocenters. The van der Waals surface area contributed by atoms with Gasteiger partial charge in [0.05, 0.1) is 18.3 Å². The Kier molecular flexibility index (Phi) is 25.7. The third kappa shape index (κ3) is 22.0. The predicted molar refractivity (Wildman–Crippen MR) is 269 cm³/mol. The molecular weight excluding hydrogens is 957 g/mol. The van der Waals surface area contributed by atoms with Crippen LogP contribution in [-0.2, 0) is 63.8 Å². The second kappa shape index (κ2) is 30.8. The minimum absolute atomic E-state index is 0.0602. The first-order chi connectivity index (χ1) is 33.7. The smallest absolute Gasteiger partial charge is 0.307 e. The molecule has 8 amide bonds. The number of imide groups is 1. The standard InChI is InChI=1S/C49H72N8O12S2/c1-8-9-15-43(62)57(29-68-46(65)22-30(2)3)37(31(4)5)25-38(69-33(7)58)49-54-36(28-71-49)48(67)53-35(24-34-13-11-10-12-14-34)23-32(6)47(66)55-42(70)26-40(60)52-27-41(61)51-20-19-50-39(59)18-21-56-44(63)16-17-45(56)64/h10-14,16-17,28,30-32,35,37-38,42,49,54,70H,8-9,15,18-27,29H2,1-7H3,(H,50,59)(H,51,61)(H,52,60)(H,53,67)(H,55,66). The summed E-state index contributed by atoms with van der Waals surface area (Å²) in [6.45, 7) is 12.1. The maximum atomic E-state index is 13.9. The quantitative estimate of drug-likeness (QED) is 0.0185. The fourth-order valence-electron chi connectivity index (χ4n) is 7.56. The molecule has 1 aromatic carbocycles. The lowest BCUT2D eigenvalue weighted by atomic mass is 9.95. The van der Waals surface area contributed by atoms with Crippen LogP contribution in [0.4, 0.5) is 0 Å². The van der Waals surface area contributed by atoms with E-state index in [0.29, 0.717) is 12.8 Å². The van der Waals surface area contributed by atoms with Crippen LogP contribution >= 0.6 is 24.4 Å². The Morgan fingerprint density at radius 2 is 1.51 bits per heavy atom. The number of amides is 8. The van der Waals surface area contributed by atoms with Crippen molar-refractivity contribution < 1.29 is 57.4 Å². The van der Waals surface area contributed by atoms with Crippen LogP contribution in [0.1, 0.15) is 105 Å². The largest absolute Gasteiger partial charge is 0.459 e. The fourth-order valence-corrected chi connectivity index (χ4v) is 8.84. The van der Waals surface area contributed by atoms with E-state index in [2.05, 4.69) is 44.5 Å². The summed E-state index contributed by atoms with van der Waals surface area (Å²) in [7, 11) is 0. The number of hydrogen-bond acceptors (Lipinski definition) is 15. The lowest BCUT2D eigenvalue weighted by Gasteiger charge is -2.37. The van der Waals surface area contributed by atoms with Crippen molar-refractivity contribution in [3.8, 4) is 0 Å². The topological polar surface area (TPSA) is 268 Å². The van der Waals surface area contributed by atoms with Crippen molar-refractivity contribution in [1.29, 1.82) is 0 Å². The number of carbonyl (C=O) groups excluding carboxylic acids is 10. The molecule has 6 N–H and O–H groups in total. The maximum absolute atomic E-state index is 13.9. The Labute approximate surface area is 426 Å². The Morgan fingerprint density at radius 1 is 0.845 bits per heavy atom. The van der Waals surface area contributed by atoms with Crippen molar-refractivity contribution in [3.05, 3.63) is 59.2 Å². The van der Waals surface area contributed by atoms with Crippen molar-refractivity contribution in [2.24, 2.45) is 17.8 Å². The number of carbonyl (C=O) groups is 10. The highest BCUT2D eigenvalue weighted by Gasteiger charge is 2.37. The van der Waals surface area contributed by atoms with Crippen LogP contribution in [0.3, 0.4) is 0 Å². The number of ether oxygens (including phenoxy) is 2. The van der Waals surface area contributed by atoms with Crippen LogP contribution in [0, 0.1) is 17.8 Å². The van der Waals surface area contributed by atoms with Gasteiger partial charge in [-0.15, -0.1) is 11.8 Å². The average molecular weight is 1030 g/mol. The van der Waals surface area contributed by atoms with E-state index >= 15 is 0 Å². The summed E-state index contributed by atoms with van der Waals surface area (Å²) in [4.78, 5) is 129. The van der Waals surface area contributed by atoms with Crippen LogP contribution in [0.15, 0.2) is 53.6 Å². The molecule has 20 nitrogen and oxygen atoms in total. The van der Waals surface area contributed by atoms with Crippen molar-refractivity contribution in [2.45, 2.75) is 135 Å². The van der Waals surface area contributed by atoms with E-state index in [1.54, 1.807) is 17.2 Å². The zero-order valence-electron chi connectivity index (χ0n) is 41.8. The lowest BCUT2D eigenvalue weighted by molar-refractivity contribution is -0.158. The minimum Gasteiger partial charge on any atom is -0.459 e. The van der Waals surface area contributed by atoms with Gasteiger partial charge in [-0.25, -0.2) is 0 Å². The Bertz CT molecular complexity index is 2070. The molecular formula is C49H72N8O12S2. The molecule has 0 radical (unpaired) electrons. The number of esters is 2. The summed E-state index contributed by atoms with van der Waals surface area (Å²) in [6, 6.07) is 8.40. The van der Waals surface area contributed by atoms with Gasteiger partial charge in [-0.2, -0.15) is 12.6 Å². The van der Waals surface area contributed by atoms with E-state index < -0.39 is 88.1 Å². The van der Waals surface area contributed by atoms with E-state index in [9.17, 15) is 47.9 Å².